The van der Waals surface area contributed by atoms with Crippen LogP contribution in [0.4, 0.5) is 0 Å². The third kappa shape index (κ3) is 5.11. The molecule has 0 heterocycles. The fraction of sp³-hybridized carbons (Fsp3) is 0.500. The summed E-state index contributed by atoms with van der Waals surface area (Å²) in [7, 11) is -2.43. The molecule has 0 aromatic heterocycles. The lowest BCUT2D eigenvalue weighted by Crippen LogP contribution is -2.49. The van der Waals surface area contributed by atoms with Crippen LogP contribution in [0.1, 0.15) is 25.8 Å². The van der Waals surface area contributed by atoms with Crippen LogP contribution in [0.25, 0.3) is 0 Å². The second kappa shape index (κ2) is 7.53. The Kier molecular flexibility index (Phi) is 6.32. The summed E-state index contributed by atoms with van der Waals surface area (Å²) < 4.78 is 27.8. The van der Waals surface area contributed by atoms with Gasteiger partial charge in [0.1, 0.15) is 6.04 Å². The van der Waals surface area contributed by atoms with Crippen LogP contribution in [0.5, 0.6) is 0 Å². The topological polar surface area (TPSA) is 86.7 Å². The zero-order valence-corrected chi connectivity index (χ0v) is 13.3. The van der Waals surface area contributed by atoms with Crippen molar-refractivity contribution in [3.8, 4) is 0 Å². The number of aliphatic carboxylic acids is 1. The highest BCUT2D eigenvalue weighted by atomic mass is 32.2. The van der Waals surface area contributed by atoms with Gasteiger partial charge in [-0.1, -0.05) is 50.6 Å². The maximum absolute atomic E-state index is 12.2. The molecule has 0 radical (unpaired) electrons. The van der Waals surface area contributed by atoms with Gasteiger partial charge in [-0.3, -0.25) is 4.79 Å². The Balaban J connectivity index is 2.82. The van der Waals surface area contributed by atoms with Crippen LogP contribution >= 0.6 is 0 Å². The molecule has 0 spiro atoms. The molecule has 0 fully saturated rings. The highest BCUT2D eigenvalue weighted by molar-refractivity contribution is 7.87. The molecular formula is C14H22N2O4S. The van der Waals surface area contributed by atoms with Gasteiger partial charge in [-0.2, -0.15) is 17.4 Å². The van der Waals surface area contributed by atoms with Crippen LogP contribution in [0.2, 0.25) is 0 Å². The molecule has 0 aliphatic heterocycles. The number of hydrogen-bond acceptors (Lipinski definition) is 3. The molecule has 1 aromatic carbocycles. The molecule has 1 rings (SSSR count). The molecule has 0 saturated heterocycles. The number of nitrogens with one attached hydrogen (secondary N) is 1. The maximum atomic E-state index is 12.2. The van der Waals surface area contributed by atoms with Crippen LogP contribution in [-0.2, 0) is 21.5 Å². The predicted octanol–water partition coefficient (Wildman–Crippen LogP) is 1.45. The predicted molar refractivity (Wildman–Crippen MR) is 80.8 cm³/mol. The summed E-state index contributed by atoms with van der Waals surface area (Å²) in [6, 6.07) is 7.99. The third-order valence-corrected chi connectivity index (χ3v) is 4.91. The zero-order valence-electron chi connectivity index (χ0n) is 12.5. The minimum absolute atomic E-state index is 0.184. The van der Waals surface area contributed by atoms with Gasteiger partial charge in [-0.15, -0.1) is 0 Å². The largest absolute Gasteiger partial charge is 0.480 e. The summed E-state index contributed by atoms with van der Waals surface area (Å²) in [6.45, 7) is 3.71. The molecule has 2 atom stereocenters. The Labute approximate surface area is 126 Å². The number of benzene rings is 1. The number of rotatable bonds is 8. The van der Waals surface area contributed by atoms with Gasteiger partial charge in [0.05, 0.1) is 0 Å². The summed E-state index contributed by atoms with van der Waals surface area (Å²) in [4.78, 5) is 11.2. The van der Waals surface area contributed by atoms with Gasteiger partial charge in [0.25, 0.3) is 10.2 Å². The smallest absolute Gasteiger partial charge is 0.322 e. The van der Waals surface area contributed by atoms with Gasteiger partial charge < -0.3 is 5.11 Å². The summed E-state index contributed by atoms with van der Waals surface area (Å²) in [6.07, 6.45) is 0.571. The van der Waals surface area contributed by atoms with Crippen molar-refractivity contribution in [1.29, 1.82) is 0 Å². The average molecular weight is 314 g/mol. The van der Waals surface area contributed by atoms with E-state index < -0.39 is 22.2 Å². The lowest BCUT2D eigenvalue weighted by molar-refractivity contribution is -0.140. The molecular weight excluding hydrogens is 292 g/mol. The number of carbonyl (C=O) groups is 1. The van der Waals surface area contributed by atoms with E-state index in [1.807, 2.05) is 37.3 Å². The number of hydrogen-bond donors (Lipinski definition) is 2. The molecule has 0 amide bonds. The molecule has 0 aliphatic rings. The second-order valence-electron chi connectivity index (χ2n) is 5.07. The standard InChI is InChI=1S/C14H22N2O4S/c1-4-11(2)13(14(17)18)15-21(19,20)16(3)10-12-8-6-5-7-9-12/h5-9,11,13,15H,4,10H2,1-3H3,(H,17,18)/t11-,13-/m0/s1. The van der Waals surface area contributed by atoms with E-state index in [-0.39, 0.29) is 12.5 Å². The molecule has 6 nitrogen and oxygen atoms in total. The summed E-state index contributed by atoms with van der Waals surface area (Å²) in [5, 5.41) is 9.16. The molecule has 21 heavy (non-hydrogen) atoms. The van der Waals surface area contributed by atoms with E-state index in [0.717, 1.165) is 9.87 Å². The van der Waals surface area contributed by atoms with E-state index in [1.165, 1.54) is 7.05 Å². The van der Waals surface area contributed by atoms with E-state index in [9.17, 15) is 13.2 Å². The van der Waals surface area contributed by atoms with E-state index in [1.54, 1.807) is 6.92 Å². The monoisotopic (exact) mass is 314 g/mol. The first kappa shape index (κ1) is 17.6. The minimum Gasteiger partial charge on any atom is -0.480 e. The van der Waals surface area contributed by atoms with Crippen molar-refractivity contribution in [3.05, 3.63) is 35.9 Å². The molecule has 0 bridgehead atoms. The van der Waals surface area contributed by atoms with Crippen molar-refractivity contribution in [2.45, 2.75) is 32.9 Å². The number of nitrogens with zero attached hydrogens (tertiary/aromatic N) is 1. The molecule has 0 saturated carbocycles. The van der Waals surface area contributed by atoms with Crippen molar-refractivity contribution in [2.24, 2.45) is 5.92 Å². The lowest BCUT2D eigenvalue weighted by atomic mass is 10.0. The van der Waals surface area contributed by atoms with Crippen LogP contribution in [-0.4, -0.2) is 36.9 Å². The minimum atomic E-state index is -3.86. The Bertz CT molecular complexity index is 560. The molecule has 1 aromatic rings. The van der Waals surface area contributed by atoms with Gasteiger partial charge >= 0.3 is 5.97 Å². The van der Waals surface area contributed by atoms with Crippen molar-refractivity contribution >= 4 is 16.2 Å². The van der Waals surface area contributed by atoms with Gasteiger partial charge in [-0.25, -0.2) is 0 Å². The fourth-order valence-corrected chi connectivity index (χ4v) is 2.97. The van der Waals surface area contributed by atoms with Gasteiger partial charge in [-0.05, 0) is 11.5 Å². The lowest BCUT2D eigenvalue weighted by Gasteiger charge is -2.24. The van der Waals surface area contributed by atoms with E-state index in [4.69, 9.17) is 5.11 Å². The molecule has 118 valence electrons. The first-order valence-electron chi connectivity index (χ1n) is 6.78. The zero-order chi connectivity index (χ0) is 16.0. The van der Waals surface area contributed by atoms with E-state index >= 15 is 0 Å². The highest BCUT2D eigenvalue weighted by Crippen LogP contribution is 2.12. The first-order chi connectivity index (χ1) is 9.77. The van der Waals surface area contributed by atoms with Gasteiger partial charge in [0.2, 0.25) is 0 Å². The van der Waals surface area contributed by atoms with Crippen molar-refractivity contribution in [1.82, 2.24) is 9.03 Å². The molecule has 0 unspecified atom stereocenters. The average Bonchev–Trinajstić information content (AvgIpc) is 2.44. The number of carboxylic acid groups (broad SMARTS) is 1. The van der Waals surface area contributed by atoms with Gasteiger partial charge in [0, 0.05) is 13.6 Å². The Morgan fingerprint density at radius 2 is 1.90 bits per heavy atom. The maximum Gasteiger partial charge on any atom is 0.322 e. The van der Waals surface area contributed by atoms with Gasteiger partial charge in [0.15, 0.2) is 0 Å². The Morgan fingerprint density at radius 1 is 1.33 bits per heavy atom. The van der Waals surface area contributed by atoms with E-state index in [2.05, 4.69) is 4.72 Å². The SMILES string of the molecule is CC[C@H](C)[C@H](NS(=O)(=O)N(C)Cc1ccccc1)C(=O)O. The number of carboxylic acids is 1. The fourth-order valence-electron chi connectivity index (χ4n) is 1.82. The Hall–Kier alpha value is -1.44. The van der Waals surface area contributed by atoms with Crippen LogP contribution in [0.3, 0.4) is 0 Å². The van der Waals surface area contributed by atoms with Crippen LogP contribution in [0, 0.1) is 5.92 Å². The van der Waals surface area contributed by atoms with Crippen molar-refractivity contribution in [3.63, 3.8) is 0 Å². The summed E-state index contributed by atoms with van der Waals surface area (Å²) in [5.74, 6) is -1.46. The normalized spacial score (nSPS) is 14.9. The first-order valence-corrected chi connectivity index (χ1v) is 8.22. The third-order valence-electron chi connectivity index (χ3n) is 3.41. The summed E-state index contributed by atoms with van der Waals surface area (Å²) in [5.41, 5.74) is 0.834. The van der Waals surface area contributed by atoms with Crippen molar-refractivity contribution in [2.75, 3.05) is 7.05 Å². The second-order valence-corrected chi connectivity index (χ2v) is 6.88. The quantitative estimate of drug-likeness (QED) is 0.760. The molecule has 7 heteroatoms. The van der Waals surface area contributed by atoms with Crippen LogP contribution < -0.4 is 4.72 Å². The molecule has 2 N–H and O–H groups in total. The van der Waals surface area contributed by atoms with Crippen molar-refractivity contribution < 1.29 is 18.3 Å². The van der Waals surface area contributed by atoms with Crippen LogP contribution in [0.15, 0.2) is 30.3 Å². The Morgan fingerprint density at radius 3 is 2.38 bits per heavy atom. The summed E-state index contributed by atoms with van der Waals surface area (Å²) >= 11 is 0. The molecule has 0 aliphatic carbocycles. The van der Waals surface area contributed by atoms with E-state index in [0.29, 0.717) is 6.42 Å². The highest BCUT2D eigenvalue weighted by Gasteiger charge is 2.30.